The summed E-state index contributed by atoms with van der Waals surface area (Å²) in [6.45, 7) is 9.66. The molecule has 0 heterocycles. The summed E-state index contributed by atoms with van der Waals surface area (Å²) in [6.07, 6.45) is 6.14. The molecule has 12 nitrogen and oxygen atoms in total. The van der Waals surface area contributed by atoms with Crippen molar-refractivity contribution in [1.29, 1.82) is 5.26 Å². The van der Waals surface area contributed by atoms with Gasteiger partial charge in [0.25, 0.3) is 0 Å². The first-order valence-electron chi connectivity index (χ1n) is 16.0. The third kappa shape index (κ3) is 13.2. The molecule has 0 spiro atoms. The van der Waals surface area contributed by atoms with E-state index in [4.69, 9.17) is 33.2 Å². The Hall–Kier alpha value is -6.35. The molecule has 266 valence electrons. The Labute approximate surface area is 296 Å². The number of rotatable bonds is 20. The normalized spacial score (nSPS) is 10.6. The number of hydrogen-bond donors (Lipinski definition) is 0. The zero-order valence-electron chi connectivity index (χ0n) is 28.5. The SMILES string of the molecule is C=CC(=O)OCCCCOc1ccc(C(=O)Oc2ccc(OC(=O)/C(C#N)=C/c3ccc(OCCCCOC(=O)C=C)c(OC)c3)c(C)c2)cc1. The molecule has 0 amide bonds. The highest BCUT2D eigenvalue weighted by Crippen LogP contribution is 2.30. The van der Waals surface area contributed by atoms with Gasteiger partial charge in [-0.2, -0.15) is 5.26 Å². The molecule has 3 aromatic carbocycles. The molecule has 0 saturated carbocycles. The summed E-state index contributed by atoms with van der Waals surface area (Å²) in [5.41, 5.74) is 1.05. The Balaban J connectivity index is 1.52. The van der Waals surface area contributed by atoms with Crippen molar-refractivity contribution in [2.75, 3.05) is 33.5 Å². The maximum absolute atomic E-state index is 12.9. The van der Waals surface area contributed by atoms with Crippen molar-refractivity contribution in [2.24, 2.45) is 0 Å². The van der Waals surface area contributed by atoms with E-state index in [1.54, 1.807) is 49.4 Å². The van der Waals surface area contributed by atoms with Crippen LogP contribution in [0.1, 0.15) is 47.2 Å². The minimum Gasteiger partial charge on any atom is -0.494 e. The Bertz CT molecular complexity index is 1770. The molecule has 0 aliphatic carbocycles. The van der Waals surface area contributed by atoms with E-state index < -0.39 is 23.9 Å². The zero-order chi connectivity index (χ0) is 37.0. The van der Waals surface area contributed by atoms with Crippen molar-refractivity contribution in [3.63, 3.8) is 0 Å². The third-order valence-corrected chi connectivity index (χ3v) is 6.91. The van der Waals surface area contributed by atoms with Crippen molar-refractivity contribution in [3.05, 3.63) is 108 Å². The van der Waals surface area contributed by atoms with Gasteiger partial charge in [-0.15, -0.1) is 0 Å². The number of carbonyl (C=O) groups is 4. The van der Waals surface area contributed by atoms with Crippen molar-refractivity contribution in [3.8, 4) is 34.8 Å². The monoisotopic (exact) mass is 697 g/mol. The molecule has 51 heavy (non-hydrogen) atoms. The number of benzene rings is 3. The van der Waals surface area contributed by atoms with Crippen LogP contribution in [0.4, 0.5) is 0 Å². The number of methoxy groups -OCH3 is 1. The van der Waals surface area contributed by atoms with Crippen molar-refractivity contribution in [1.82, 2.24) is 0 Å². The fourth-order valence-corrected chi connectivity index (χ4v) is 4.25. The van der Waals surface area contributed by atoms with E-state index >= 15 is 0 Å². The topological polar surface area (TPSA) is 157 Å². The van der Waals surface area contributed by atoms with Gasteiger partial charge in [-0.3, -0.25) is 0 Å². The Morgan fingerprint density at radius 3 is 1.88 bits per heavy atom. The maximum atomic E-state index is 12.9. The molecule has 3 rings (SSSR count). The van der Waals surface area contributed by atoms with E-state index in [0.29, 0.717) is 72.8 Å². The second kappa shape index (κ2) is 20.9. The number of hydrogen-bond acceptors (Lipinski definition) is 12. The first kappa shape index (κ1) is 39.1. The predicted octanol–water partition coefficient (Wildman–Crippen LogP) is 6.51. The number of nitriles is 1. The molecule has 0 bridgehead atoms. The molecule has 0 aliphatic heterocycles. The van der Waals surface area contributed by atoms with Crippen LogP contribution in [0.5, 0.6) is 28.7 Å². The van der Waals surface area contributed by atoms with Crippen LogP contribution >= 0.6 is 0 Å². The van der Waals surface area contributed by atoms with Crippen LogP contribution < -0.4 is 23.7 Å². The maximum Gasteiger partial charge on any atom is 0.354 e. The minimum atomic E-state index is -0.875. The lowest BCUT2D eigenvalue weighted by molar-refractivity contribution is -0.138. The average molecular weight is 698 g/mol. The first-order valence-corrected chi connectivity index (χ1v) is 16.0. The Kier molecular flexibility index (Phi) is 16.0. The van der Waals surface area contributed by atoms with Gasteiger partial charge in [-0.25, -0.2) is 19.2 Å². The summed E-state index contributed by atoms with van der Waals surface area (Å²) < 4.78 is 37.7. The van der Waals surface area contributed by atoms with Gasteiger partial charge in [-0.05, 0) is 104 Å². The lowest BCUT2D eigenvalue weighted by atomic mass is 10.1. The summed E-state index contributed by atoms with van der Waals surface area (Å²) in [4.78, 5) is 47.8. The summed E-state index contributed by atoms with van der Waals surface area (Å²) in [7, 11) is 1.47. The van der Waals surface area contributed by atoms with Gasteiger partial charge in [0, 0.05) is 12.2 Å². The molecule has 0 N–H and O–H groups in total. The molecule has 12 heteroatoms. The molecule has 3 aromatic rings. The molecule has 0 aromatic heterocycles. The van der Waals surface area contributed by atoms with Crippen LogP contribution in [0.15, 0.2) is 91.5 Å². The summed E-state index contributed by atoms with van der Waals surface area (Å²) >= 11 is 0. The fraction of sp³-hybridized carbons (Fsp3) is 0.256. The quantitative estimate of drug-likeness (QED) is 0.0415. The number of unbranched alkanes of at least 4 members (excludes halogenated alkanes) is 2. The summed E-state index contributed by atoms with van der Waals surface area (Å²) in [5.74, 6) is -0.555. The van der Waals surface area contributed by atoms with E-state index in [-0.39, 0.29) is 30.3 Å². The standard InChI is InChI=1S/C39H39NO11/c1-5-36(41)48-21-9-7-19-46-31-14-12-29(13-15-31)38(43)50-32-16-18-33(27(3)23-32)51-39(44)30(26-40)24-28-11-17-34(35(25-28)45-4)47-20-8-10-22-49-37(42)6-2/h5-6,11-18,23-25H,1-2,7-10,19-22H2,3-4H3/b30-24+. The Morgan fingerprint density at radius 2 is 1.29 bits per heavy atom. The van der Waals surface area contributed by atoms with Crippen LogP contribution in [-0.2, 0) is 23.9 Å². The van der Waals surface area contributed by atoms with Crippen LogP contribution in [-0.4, -0.2) is 57.4 Å². The largest absolute Gasteiger partial charge is 0.494 e. The van der Waals surface area contributed by atoms with E-state index in [1.165, 1.54) is 31.4 Å². The van der Waals surface area contributed by atoms with Gasteiger partial charge < -0.3 is 33.2 Å². The van der Waals surface area contributed by atoms with E-state index in [2.05, 4.69) is 13.2 Å². The number of nitrogens with zero attached hydrogens (tertiary/aromatic N) is 1. The highest BCUT2D eigenvalue weighted by atomic mass is 16.5. The van der Waals surface area contributed by atoms with Gasteiger partial charge in [0.15, 0.2) is 11.5 Å². The molecule has 0 radical (unpaired) electrons. The molecule has 0 fully saturated rings. The van der Waals surface area contributed by atoms with E-state index in [0.717, 1.165) is 12.2 Å². The van der Waals surface area contributed by atoms with Crippen molar-refractivity contribution < 1.29 is 52.3 Å². The van der Waals surface area contributed by atoms with Crippen LogP contribution in [0.3, 0.4) is 0 Å². The number of carbonyl (C=O) groups excluding carboxylic acids is 4. The van der Waals surface area contributed by atoms with Gasteiger partial charge in [-0.1, -0.05) is 19.2 Å². The van der Waals surface area contributed by atoms with Gasteiger partial charge >= 0.3 is 23.9 Å². The van der Waals surface area contributed by atoms with Gasteiger partial charge in [0.1, 0.15) is 28.9 Å². The molecule has 0 aliphatic rings. The average Bonchev–Trinajstić information content (AvgIpc) is 3.14. The van der Waals surface area contributed by atoms with Crippen molar-refractivity contribution in [2.45, 2.75) is 32.6 Å². The molecule has 0 saturated heterocycles. The lowest BCUT2D eigenvalue weighted by Crippen LogP contribution is -2.12. The second-order valence-electron chi connectivity index (χ2n) is 10.7. The van der Waals surface area contributed by atoms with Gasteiger partial charge in [0.05, 0.1) is 39.1 Å². The minimum absolute atomic E-state index is 0.182. The molecule has 0 unspecified atom stereocenters. The Morgan fingerprint density at radius 1 is 0.706 bits per heavy atom. The fourth-order valence-electron chi connectivity index (χ4n) is 4.25. The molecular formula is C39H39NO11. The molecule has 0 atom stereocenters. The number of esters is 4. The van der Waals surface area contributed by atoms with Crippen LogP contribution in [0, 0.1) is 18.3 Å². The first-order chi connectivity index (χ1) is 24.7. The zero-order valence-corrected chi connectivity index (χ0v) is 28.5. The summed E-state index contributed by atoms with van der Waals surface area (Å²) in [6, 6.07) is 17.8. The third-order valence-electron chi connectivity index (χ3n) is 6.91. The van der Waals surface area contributed by atoms with E-state index in [1.807, 2.05) is 6.07 Å². The lowest BCUT2D eigenvalue weighted by Gasteiger charge is -2.12. The highest BCUT2D eigenvalue weighted by molar-refractivity contribution is 5.99. The predicted molar refractivity (Wildman–Crippen MR) is 187 cm³/mol. The summed E-state index contributed by atoms with van der Waals surface area (Å²) in [5, 5.41) is 9.70. The van der Waals surface area contributed by atoms with Crippen LogP contribution in [0.2, 0.25) is 0 Å². The van der Waals surface area contributed by atoms with Crippen molar-refractivity contribution >= 4 is 30.0 Å². The van der Waals surface area contributed by atoms with Crippen LogP contribution in [0.25, 0.3) is 6.08 Å². The number of ether oxygens (including phenoxy) is 7. The number of aryl methyl sites for hydroxylation is 1. The smallest absolute Gasteiger partial charge is 0.354 e. The van der Waals surface area contributed by atoms with Gasteiger partial charge in [0.2, 0.25) is 0 Å². The highest BCUT2D eigenvalue weighted by Gasteiger charge is 2.16. The second-order valence-corrected chi connectivity index (χ2v) is 10.7. The molecular weight excluding hydrogens is 658 g/mol. The van der Waals surface area contributed by atoms with E-state index in [9.17, 15) is 24.4 Å².